The Morgan fingerprint density at radius 2 is 1.88 bits per heavy atom. The molecule has 136 valence electrons. The molecule has 1 fully saturated rings. The molecular weight excluding hydrogens is 322 g/mol. The Morgan fingerprint density at radius 3 is 2.56 bits per heavy atom. The van der Waals surface area contributed by atoms with Crippen LogP contribution in [-0.4, -0.2) is 61.5 Å². The van der Waals surface area contributed by atoms with Crippen LogP contribution in [0, 0.1) is 5.92 Å². The van der Waals surface area contributed by atoms with Crippen molar-refractivity contribution < 1.29 is 19.1 Å². The Balaban J connectivity index is 1.50. The predicted octanol–water partition coefficient (Wildman–Crippen LogP) is 0.614. The molecule has 2 N–H and O–H groups in total. The summed E-state index contributed by atoms with van der Waals surface area (Å²) in [5.41, 5.74) is 6.35. The van der Waals surface area contributed by atoms with Crippen LogP contribution >= 0.6 is 0 Å². The third kappa shape index (κ3) is 4.42. The van der Waals surface area contributed by atoms with Gasteiger partial charge in [-0.15, -0.1) is 0 Å². The van der Waals surface area contributed by atoms with Crippen molar-refractivity contribution in [2.45, 2.75) is 19.4 Å². The van der Waals surface area contributed by atoms with Crippen molar-refractivity contribution in [3.8, 4) is 11.5 Å². The number of carbonyl (C=O) groups excluding carboxylic acids is 2. The van der Waals surface area contributed by atoms with Crippen molar-refractivity contribution >= 4 is 11.8 Å². The summed E-state index contributed by atoms with van der Waals surface area (Å²) in [5.74, 6) is 1.26. The minimum Gasteiger partial charge on any atom is -0.486 e. The fourth-order valence-corrected chi connectivity index (χ4v) is 3.24. The number of fused-ring (bicyclic) bond motifs is 1. The molecule has 2 heterocycles. The van der Waals surface area contributed by atoms with E-state index in [-0.39, 0.29) is 17.7 Å². The van der Waals surface area contributed by atoms with Gasteiger partial charge < -0.3 is 20.1 Å². The summed E-state index contributed by atoms with van der Waals surface area (Å²) in [6, 6.07) is 5.77. The lowest BCUT2D eigenvalue weighted by Gasteiger charge is -2.31. The Hall–Kier alpha value is -2.28. The van der Waals surface area contributed by atoms with E-state index in [1.54, 1.807) is 11.9 Å². The third-order valence-corrected chi connectivity index (χ3v) is 4.80. The van der Waals surface area contributed by atoms with Crippen LogP contribution in [0.5, 0.6) is 11.5 Å². The molecule has 7 nitrogen and oxygen atoms in total. The van der Waals surface area contributed by atoms with Gasteiger partial charge in [-0.3, -0.25) is 14.5 Å². The maximum atomic E-state index is 12.5. The molecule has 2 amide bonds. The summed E-state index contributed by atoms with van der Waals surface area (Å²) in [5, 5.41) is 0. The minimum absolute atomic E-state index is 0.0539. The highest BCUT2D eigenvalue weighted by atomic mass is 16.6. The minimum atomic E-state index is -0.235. The molecule has 3 rings (SSSR count). The van der Waals surface area contributed by atoms with Crippen LogP contribution < -0.4 is 15.2 Å². The molecule has 0 radical (unpaired) electrons. The van der Waals surface area contributed by atoms with Gasteiger partial charge in [0, 0.05) is 19.5 Å². The number of likely N-dealkylation sites (N-methyl/N-ethyl adjacent to an activating group) is 1. The highest BCUT2D eigenvalue weighted by Gasteiger charge is 2.25. The lowest BCUT2D eigenvalue weighted by molar-refractivity contribution is -0.132. The summed E-state index contributed by atoms with van der Waals surface area (Å²) in [7, 11) is 1.80. The Labute approximate surface area is 147 Å². The molecule has 25 heavy (non-hydrogen) atoms. The Morgan fingerprint density at radius 1 is 1.20 bits per heavy atom. The zero-order valence-corrected chi connectivity index (χ0v) is 14.6. The van der Waals surface area contributed by atoms with E-state index in [1.807, 2.05) is 18.2 Å². The van der Waals surface area contributed by atoms with Crippen molar-refractivity contribution in [3.63, 3.8) is 0 Å². The van der Waals surface area contributed by atoms with Gasteiger partial charge in [-0.1, -0.05) is 6.07 Å². The quantitative estimate of drug-likeness (QED) is 0.844. The summed E-state index contributed by atoms with van der Waals surface area (Å²) >= 11 is 0. The number of hydrogen-bond donors (Lipinski definition) is 1. The third-order valence-electron chi connectivity index (χ3n) is 4.80. The summed E-state index contributed by atoms with van der Waals surface area (Å²) in [6.45, 7) is 3.47. The predicted molar refractivity (Wildman–Crippen MR) is 92.3 cm³/mol. The van der Waals surface area contributed by atoms with Gasteiger partial charge in [0.25, 0.3) is 0 Å². The van der Waals surface area contributed by atoms with Crippen molar-refractivity contribution in [1.82, 2.24) is 9.80 Å². The highest BCUT2D eigenvalue weighted by molar-refractivity contribution is 5.78. The molecular formula is C18H25N3O4. The molecule has 1 aromatic rings. The average Bonchev–Trinajstić information content (AvgIpc) is 2.62. The van der Waals surface area contributed by atoms with Crippen LogP contribution in [-0.2, 0) is 16.1 Å². The van der Waals surface area contributed by atoms with Gasteiger partial charge in [-0.2, -0.15) is 0 Å². The first-order valence-electron chi connectivity index (χ1n) is 8.67. The summed E-state index contributed by atoms with van der Waals surface area (Å²) < 4.78 is 11.1. The fraction of sp³-hybridized carbons (Fsp3) is 0.556. The molecule has 2 aliphatic heterocycles. The number of primary amides is 1. The largest absolute Gasteiger partial charge is 0.486 e. The molecule has 2 aliphatic rings. The molecule has 0 aromatic heterocycles. The van der Waals surface area contributed by atoms with Crippen LogP contribution in [0.2, 0.25) is 0 Å². The van der Waals surface area contributed by atoms with Crippen LogP contribution in [0.15, 0.2) is 18.2 Å². The van der Waals surface area contributed by atoms with Crippen molar-refractivity contribution in [1.29, 1.82) is 0 Å². The normalized spacial score (nSPS) is 18.0. The summed E-state index contributed by atoms with van der Waals surface area (Å²) in [6.07, 6.45) is 1.46. The lowest BCUT2D eigenvalue weighted by Crippen LogP contribution is -2.43. The zero-order chi connectivity index (χ0) is 17.8. The molecule has 0 spiro atoms. The van der Waals surface area contributed by atoms with Gasteiger partial charge in [0.2, 0.25) is 11.8 Å². The number of likely N-dealkylation sites (tertiary alicyclic amines) is 1. The number of piperidine rings is 1. The van der Waals surface area contributed by atoms with Crippen LogP contribution in [0.3, 0.4) is 0 Å². The Kier molecular flexibility index (Phi) is 5.43. The topological polar surface area (TPSA) is 85.1 Å². The number of ether oxygens (including phenoxy) is 2. The van der Waals surface area contributed by atoms with Crippen LogP contribution in [0.1, 0.15) is 18.4 Å². The number of carbonyl (C=O) groups is 2. The smallest absolute Gasteiger partial charge is 0.236 e. The van der Waals surface area contributed by atoms with E-state index < -0.39 is 0 Å². The van der Waals surface area contributed by atoms with Gasteiger partial charge >= 0.3 is 0 Å². The van der Waals surface area contributed by atoms with E-state index in [9.17, 15) is 9.59 Å². The first-order valence-corrected chi connectivity index (χ1v) is 8.67. The molecule has 0 atom stereocenters. The van der Waals surface area contributed by atoms with E-state index in [0.29, 0.717) is 26.3 Å². The monoisotopic (exact) mass is 347 g/mol. The Bertz CT molecular complexity index is 641. The van der Waals surface area contributed by atoms with Crippen LogP contribution in [0.4, 0.5) is 0 Å². The average molecular weight is 347 g/mol. The van der Waals surface area contributed by atoms with Crippen LogP contribution in [0.25, 0.3) is 0 Å². The number of nitrogens with zero attached hydrogens (tertiary/aromatic N) is 2. The van der Waals surface area contributed by atoms with Gasteiger partial charge in [0.05, 0.1) is 6.54 Å². The number of hydrogen-bond acceptors (Lipinski definition) is 5. The standard InChI is InChI=1S/C18H25N3O4/c1-20(11-13-2-3-15-16(10-13)25-9-8-24-15)17(22)12-21-6-4-14(5-7-21)18(19)23/h2-3,10,14H,4-9,11-12H2,1H3,(H2,19,23). The second-order valence-corrected chi connectivity index (χ2v) is 6.68. The van der Waals surface area contributed by atoms with E-state index in [0.717, 1.165) is 43.0 Å². The second-order valence-electron chi connectivity index (χ2n) is 6.68. The fourth-order valence-electron chi connectivity index (χ4n) is 3.24. The van der Waals surface area contributed by atoms with Crippen molar-refractivity contribution in [2.24, 2.45) is 11.7 Å². The molecule has 0 unspecified atom stereocenters. The van der Waals surface area contributed by atoms with E-state index in [2.05, 4.69) is 4.90 Å². The van der Waals surface area contributed by atoms with Crippen molar-refractivity contribution in [3.05, 3.63) is 23.8 Å². The van der Waals surface area contributed by atoms with Gasteiger partial charge in [0.15, 0.2) is 11.5 Å². The SMILES string of the molecule is CN(Cc1ccc2c(c1)OCCO2)C(=O)CN1CCC(C(N)=O)CC1. The van der Waals surface area contributed by atoms with Gasteiger partial charge in [0.1, 0.15) is 13.2 Å². The molecule has 1 saturated heterocycles. The number of rotatable bonds is 5. The molecule has 1 aromatic carbocycles. The van der Waals surface area contributed by atoms with E-state index in [1.165, 1.54) is 0 Å². The molecule has 0 aliphatic carbocycles. The van der Waals surface area contributed by atoms with Crippen molar-refractivity contribution in [2.75, 3.05) is 39.9 Å². The first kappa shape index (κ1) is 17.5. The highest BCUT2D eigenvalue weighted by Crippen LogP contribution is 2.31. The van der Waals surface area contributed by atoms with E-state index in [4.69, 9.17) is 15.2 Å². The number of amides is 2. The molecule has 0 bridgehead atoms. The number of benzene rings is 1. The van der Waals surface area contributed by atoms with Gasteiger partial charge in [-0.25, -0.2) is 0 Å². The zero-order valence-electron chi connectivity index (χ0n) is 14.6. The first-order chi connectivity index (χ1) is 12.0. The second kappa shape index (κ2) is 7.74. The van der Waals surface area contributed by atoms with E-state index >= 15 is 0 Å². The molecule has 7 heteroatoms. The maximum absolute atomic E-state index is 12.5. The van der Waals surface area contributed by atoms with Gasteiger partial charge in [-0.05, 0) is 43.6 Å². The molecule has 0 saturated carbocycles. The lowest BCUT2D eigenvalue weighted by atomic mass is 9.96. The summed E-state index contributed by atoms with van der Waals surface area (Å²) in [4.78, 5) is 27.5. The maximum Gasteiger partial charge on any atom is 0.236 e. The number of nitrogens with two attached hydrogens (primary N) is 1.